The molecular weight excluding hydrogens is 390 g/mol. The lowest BCUT2D eigenvalue weighted by atomic mass is 10.1. The Bertz CT molecular complexity index is 1260. The number of para-hydroxylation sites is 1. The Morgan fingerprint density at radius 2 is 1.81 bits per heavy atom. The summed E-state index contributed by atoms with van der Waals surface area (Å²) in [6.45, 7) is 3.88. The summed E-state index contributed by atoms with van der Waals surface area (Å²) in [5.74, 6) is 0.420. The maximum absolute atomic E-state index is 11.8. The minimum absolute atomic E-state index is 0.209. The van der Waals surface area contributed by atoms with Crippen molar-refractivity contribution < 1.29 is 14.6 Å². The van der Waals surface area contributed by atoms with E-state index in [1.165, 1.54) is 0 Å². The van der Waals surface area contributed by atoms with Gasteiger partial charge in [-0.1, -0.05) is 42.0 Å². The molecule has 4 aromatic rings. The van der Waals surface area contributed by atoms with Crippen LogP contribution in [0.2, 0.25) is 0 Å². The highest BCUT2D eigenvalue weighted by Gasteiger charge is 2.17. The van der Waals surface area contributed by atoms with Crippen LogP contribution in [0, 0.1) is 13.8 Å². The van der Waals surface area contributed by atoms with Crippen LogP contribution in [0.4, 0.5) is 11.5 Å². The standard InChI is InChI=1S/C25H23N3O3/c1-16-11-12-21(20(13-16)25(29)30)26-24-15-22(18-8-6-9-19(14-18)31-3)27-28(24)23-10-5-4-7-17(23)2/h4-15,26H,1-3H3,(H,29,30). The van der Waals surface area contributed by atoms with Crippen LogP contribution in [-0.4, -0.2) is 28.0 Å². The molecule has 0 aliphatic heterocycles. The average molecular weight is 413 g/mol. The summed E-state index contributed by atoms with van der Waals surface area (Å²) in [6, 6.07) is 22.8. The highest BCUT2D eigenvalue weighted by Crippen LogP contribution is 2.31. The molecule has 0 spiro atoms. The second-order valence-corrected chi connectivity index (χ2v) is 7.32. The number of methoxy groups -OCH3 is 1. The number of carbonyl (C=O) groups is 1. The van der Waals surface area contributed by atoms with Crippen molar-refractivity contribution in [3.63, 3.8) is 0 Å². The molecule has 0 amide bonds. The molecule has 0 saturated carbocycles. The zero-order valence-electron chi connectivity index (χ0n) is 17.6. The Morgan fingerprint density at radius 1 is 1.00 bits per heavy atom. The Labute approximate surface area is 180 Å². The molecule has 6 nitrogen and oxygen atoms in total. The van der Waals surface area contributed by atoms with E-state index in [-0.39, 0.29) is 5.56 Å². The number of hydrogen-bond acceptors (Lipinski definition) is 4. The van der Waals surface area contributed by atoms with Crippen molar-refractivity contribution in [3.8, 4) is 22.7 Å². The van der Waals surface area contributed by atoms with Crippen LogP contribution in [0.15, 0.2) is 72.8 Å². The first-order chi connectivity index (χ1) is 15.0. The van der Waals surface area contributed by atoms with E-state index < -0.39 is 5.97 Å². The van der Waals surface area contributed by atoms with E-state index in [0.29, 0.717) is 11.5 Å². The molecule has 0 fully saturated rings. The Hall–Kier alpha value is -4.06. The summed E-state index contributed by atoms with van der Waals surface area (Å²) >= 11 is 0. The number of nitrogens with one attached hydrogen (secondary N) is 1. The first-order valence-electron chi connectivity index (χ1n) is 9.88. The number of hydrogen-bond donors (Lipinski definition) is 2. The third-order valence-corrected chi connectivity index (χ3v) is 5.09. The second-order valence-electron chi connectivity index (χ2n) is 7.32. The minimum Gasteiger partial charge on any atom is -0.497 e. The fourth-order valence-electron chi connectivity index (χ4n) is 3.46. The van der Waals surface area contributed by atoms with Gasteiger partial charge in [-0.2, -0.15) is 5.10 Å². The molecule has 0 aliphatic carbocycles. The van der Waals surface area contributed by atoms with Gasteiger partial charge < -0.3 is 15.2 Å². The molecule has 0 saturated heterocycles. The highest BCUT2D eigenvalue weighted by molar-refractivity contribution is 5.95. The summed E-state index contributed by atoms with van der Waals surface area (Å²) in [5.41, 5.74) is 5.19. The molecule has 0 unspecified atom stereocenters. The van der Waals surface area contributed by atoms with Crippen LogP contribution in [-0.2, 0) is 0 Å². The normalized spacial score (nSPS) is 10.7. The first kappa shape index (κ1) is 20.2. The Morgan fingerprint density at radius 3 is 2.55 bits per heavy atom. The van der Waals surface area contributed by atoms with Gasteiger partial charge in [0, 0.05) is 11.6 Å². The van der Waals surface area contributed by atoms with Crippen molar-refractivity contribution in [1.29, 1.82) is 0 Å². The van der Waals surface area contributed by atoms with Gasteiger partial charge in [-0.3, -0.25) is 0 Å². The average Bonchev–Trinajstić information content (AvgIpc) is 3.19. The summed E-state index contributed by atoms with van der Waals surface area (Å²) in [5, 5.41) is 17.8. The predicted octanol–water partition coefficient (Wildman–Crippen LogP) is 5.61. The maximum Gasteiger partial charge on any atom is 0.337 e. The van der Waals surface area contributed by atoms with E-state index in [1.54, 1.807) is 23.9 Å². The quantitative estimate of drug-likeness (QED) is 0.430. The lowest BCUT2D eigenvalue weighted by Crippen LogP contribution is -2.07. The molecule has 6 heteroatoms. The van der Waals surface area contributed by atoms with Gasteiger partial charge in [0.25, 0.3) is 0 Å². The summed E-state index contributed by atoms with van der Waals surface area (Å²) in [4.78, 5) is 11.8. The molecule has 1 aromatic heterocycles. The number of carboxylic acids is 1. The van der Waals surface area contributed by atoms with Crippen molar-refractivity contribution in [2.45, 2.75) is 13.8 Å². The molecule has 0 atom stereocenters. The molecule has 4 rings (SSSR count). The summed E-state index contributed by atoms with van der Waals surface area (Å²) in [6.07, 6.45) is 0. The summed E-state index contributed by atoms with van der Waals surface area (Å²) < 4.78 is 7.15. The van der Waals surface area contributed by atoms with Crippen molar-refractivity contribution in [1.82, 2.24) is 9.78 Å². The van der Waals surface area contributed by atoms with Crippen molar-refractivity contribution >= 4 is 17.5 Å². The number of ether oxygens (including phenoxy) is 1. The van der Waals surface area contributed by atoms with Crippen LogP contribution >= 0.6 is 0 Å². The first-order valence-corrected chi connectivity index (χ1v) is 9.88. The lowest BCUT2D eigenvalue weighted by Gasteiger charge is -2.13. The van der Waals surface area contributed by atoms with Crippen LogP contribution in [0.5, 0.6) is 5.75 Å². The van der Waals surface area contributed by atoms with E-state index in [9.17, 15) is 9.90 Å². The van der Waals surface area contributed by atoms with E-state index in [1.807, 2.05) is 74.5 Å². The molecule has 3 aromatic carbocycles. The zero-order valence-corrected chi connectivity index (χ0v) is 17.6. The predicted molar refractivity (Wildman–Crippen MR) is 122 cm³/mol. The van der Waals surface area contributed by atoms with E-state index >= 15 is 0 Å². The minimum atomic E-state index is -0.985. The Kier molecular flexibility index (Phi) is 5.45. The molecule has 1 heterocycles. The van der Waals surface area contributed by atoms with Gasteiger partial charge in [0.05, 0.1) is 29.7 Å². The van der Waals surface area contributed by atoms with Gasteiger partial charge in [0.1, 0.15) is 11.6 Å². The fraction of sp³-hybridized carbons (Fsp3) is 0.120. The molecule has 0 aliphatic rings. The lowest BCUT2D eigenvalue weighted by molar-refractivity contribution is 0.0698. The van der Waals surface area contributed by atoms with Gasteiger partial charge >= 0.3 is 5.97 Å². The van der Waals surface area contributed by atoms with Gasteiger partial charge in [0.15, 0.2) is 0 Å². The van der Waals surface area contributed by atoms with Crippen molar-refractivity contribution in [2.24, 2.45) is 0 Å². The van der Waals surface area contributed by atoms with Crippen molar-refractivity contribution in [2.75, 3.05) is 12.4 Å². The molecule has 2 N–H and O–H groups in total. The van der Waals surface area contributed by atoms with Gasteiger partial charge in [-0.25, -0.2) is 9.48 Å². The number of carboxylic acid groups (broad SMARTS) is 1. The highest BCUT2D eigenvalue weighted by atomic mass is 16.5. The molecule has 156 valence electrons. The number of rotatable bonds is 6. The SMILES string of the molecule is COc1cccc(-c2cc(Nc3ccc(C)cc3C(=O)O)n(-c3ccccc3C)n2)c1. The number of anilines is 2. The van der Waals surface area contributed by atoms with E-state index in [0.717, 1.165) is 33.8 Å². The van der Waals surface area contributed by atoms with Gasteiger partial charge in [0.2, 0.25) is 0 Å². The third kappa shape index (κ3) is 4.14. The maximum atomic E-state index is 11.8. The summed E-state index contributed by atoms with van der Waals surface area (Å²) in [7, 11) is 1.63. The van der Waals surface area contributed by atoms with Gasteiger partial charge in [-0.15, -0.1) is 0 Å². The topological polar surface area (TPSA) is 76.4 Å². The number of aryl methyl sites for hydroxylation is 2. The second kappa shape index (κ2) is 8.36. The molecule has 0 radical (unpaired) electrons. The van der Waals surface area contributed by atoms with E-state index in [2.05, 4.69) is 5.32 Å². The largest absolute Gasteiger partial charge is 0.497 e. The Balaban J connectivity index is 1.86. The van der Waals surface area contributed by atoms with Crippen molar-refractivity contribution in [3.05, 3.63) is 89.5 Å². The third-order valence-electron chi connectivity index (χ3n) is 5.09. The number of aromatic nitrogens is 2. The molecule has 31 heavy (non-hydrogen) atoms. The number of benzene rings is 3. The van der Waals surface area contributed by atoms with Crippen LogP contribution in [0.1, 0.15) is 21.5 Å². The van der Waals surface area contributed by atoms with E-state index in [4.69, 9.17) is 9.84 Å². The van der Waals surface area contributed by atoms with Gasteiger partial charge in [-0.05, 0) is 49.7 Å². The van der Waals surface area contributed by atoms with Crippen LogP contribution < -0.4 is 10.1 Å². The molecule has 0 bridgehead atoms. The zero-order chi connectivity index (χ0) is 22.0. The van der Waals surface area contributed by atoms with Crippen LogP contribution in [0.25, 0.3) is 16.9 Å². The fourth-order valence-corrected chi connectivity index (χ4v) is 3.46. The smallest absolute Gasteiger partial charge is 0.337 e. The monoisotopic (exact) mass is 413 g/mol. The number of aromatic carboxylic acids is 1. The number of nitrogens with zero attached hydrogens (tertiary/aromatic N) is 2. The van der Waals surface area contributed by atoms with Crippen LogP contribution in [0.3, 0.4) is 0 Å². The molecular formula is C25H23N3O3.